The number of nitrogens with one attached hydrogen (secondary N) is 1. The number of aryl methyl sites for hydroxylation is 1. The standard InChI is InChI=1S/C18H16FN3O3/c1-10-6-14(24-2)16(15(7-10)25-3)18(19,23)17-21-12-5-4-11(9-20)8-13(12)22-17/h4-8,23H,1-3H3,(H,21,22). The number of halogens is 1. The van der Waals surface area contributed by atoms with Crippen LogP contribution in [0.25, 0.3) is 11.0 Å². The normalized spacial score (nSPS) is 13.3. The fourth-order valence-corrected chi connectivity index (χ4v) is 2.72. The van der Waals surface area contributed by atoms with Gasteiger partial charge in [0.15, 0.2) is 5.82 Å². The maximum atomic E-state index is 15.4. The van der Waals surface area contributed by atoms with Crippen molar-refractivity contribution in [3.05, 3.63) is 52.8 Å². The second-order valence-electron chi connectivity index (χ2n) is 5.60. The molecular formula is C18H16FN3O3. The van der Waals surface area contributed by atoms with Gasteiger partial charge in [0.1, 0.15) is 17.1 Å². The van der Waals surface area contributed by atoms with Gasteiger partial charge in [-0.25, -0.2) is 4.98 Å². The van der Waals surface area contributed by atoms with Crippen LogP contribution >= 0.6 is 0 Å². The van der Waals surface area contributed by atoms with E-state index in [2.05, 4.69) is 9.97 Å². The van der Waals surface area contributed by atoms with Gasteiger partial charge in [-0.05, 0) is 42.8 Å². The Bertz CT molecular complexity index is 964. The van der Waals surface area contributed by atoms with Crippen molar-refractivity contribution < 1.29 is 19.0 Å². The second kappa shape index (κ2) is 6.07. The fourth-order valence-electron chi connectivity index (χ4n) is 2.72. The van der Waals surface area contributed by atoms with Crippen LogP contribution in [-0.2, 0) is 5.85 Å². The molecule has 1 unspecified atom stereocenters. The van der Waals surface area contributed by atoms with Gasteiger partial charge in [-0.2, -0.15) is 9.65 Å². The first kappa shape index (κ1) is 16.7. The number of H-pyrrole nitrogens is 1. The third kappa shape index (κ3) is 2.77. The smallest absolute Gasteiger partial charge is 0.299 e. The maximum Gasteiger partial charge on any atom is 0.299 e. The van der Waals surface area contributed by atoms with Gasteiger partial charge in [-0.15, -0.1) is 0 Å². The number of nitriles is 1. The fraction of sp³-hybridized carbons (Fsp3) is 0.222. The van der Waals surface area contributed by atoms with Crippen molar-refractivity contribution in [1.82, 2.24) is 9.97 Å². The monoisotopic (exact) mass is 341 g/mol. The molecule has 0 saturated heterocycles. The van der Waals surface area contributed by atoms with E-state index in [1.807, 2.05) is 6.07 Å². The van der Waals surface area contributed by atoms with E-state index >= 15 is 4.39 Å². The molecule has 0 saturated carbocycles. The molecule has 0 amide bonds. The summed E-state index contributed by atoms with van der Waals surface area (Å²) in [7, 11) is 2.76. The molecule has 0 fully saturated rings. The summed E-state index contributed by atoms with van der Waals surface area (Å²) in [5, 5.41) is 19.6. The van der Waals surface area contributed by atoms with E-state index in [0.717, 1.165) is 5.56 Å². The molecule has 0 aliphatic carbocycles. The van der Waals surface area contributed by atoms with Gasteiger partial charge >= 0.3 is 0 Å². The molecule has 6 nitrogen and oxygen atoms in total. The lowest BCUT2D eigenvalue weighted by molar-refractivity contribution is -0.0646. The number of alkyl halides is 1. The summed E-state index contributed by atoms with van der Waals surface area (Å²) in [5.41, 5.74) is 1.88. The highest BCUT2D eigenvalue weighted by Crippen LogP contribution is 2.43. The molecule has 2 N–H and O–H groups in total. The number of aliphatic hydroxyl groups is 1. The lowest BCUT2D eigenvalue weighted by atomic mass is 10.0. The van der Waals surface area contributed by atoms with Crippen LogP contribution in [0.2, 0.25) is 0 Å². The Morgan fingerprint density at radius 2 is 1.84 bits per heavy atom. The van der Waals surface area contributed by atoms with Gasteiger partial charge < -0.3 is 19.6 Å². The van der Waals surface area contributed by atoms with Gasteiger partial charge in [0, 0.05) is 0 Å². The molecule has 3 aromatic rings. The van der Waals surface area contributed by atoms with Crippen LogP contribution in [0.15, 0.2) is 30.3 Å². The van der Waals surface area contributed by atoms with Gasteiger partial charge in [-0.3, -0.25) is 0 Å². The summed E-state index contributed by atoms with van der Waals surface area (Å²) in [6, 6.07) is 9.87. The quantitative estimate of drug-likeness (QED) is 0.761. The Balaban J connectivity index is 2.21. The van der Waals surface area contributed by atoms with Crippen LogP contribution in [0.3, 0.4) is 0 Å². The number of methoxy groups -OCH3 is 2. The minimum Gasteiger partial charge on any atom is -0.496 e. The van der Waals surface area contributed by atoms with Crippen molar-refractivity contribution in [2.75, 3.05) is 14.2 Å². The van der Waals surface area contributed by atoms with Crippen LogP contribution in [0.5, 0.6) is 11.5 Å². The molecule has 0 aliphatic heterocycles. The van der Waals surface area contributed by atoms with E-state index in [1.54, 1.807) is 31.2 Å². The molecule has 0 aliphatic rings. The average molecular weight is 341 g/mol. The Kier molecular flexibility index (Phi) is 4.07. The molecule has 25 heavy (non-hydrogen) atoms. The van der Waals surface area contributed by atoms with E-state index in [0.29, 0.717) is 16.6 Å². The molecule has 128 valence electrons. The summed E-state index contributed by atoms with van der Waals surface area (Å²) >= 11 is 0. The zero-order chi connectivity index (χ0) is 18.2. The number of aromatic amines is 1. The number of benzene rings is 2. The lowest BCUT2D eigenvalue weighted by Crippen LogP contribution is -2.24. The molecule has 0 spiro atoms. The molecule has 1 heterocycles. The molecule has 1 aromatic heterocycles. The highest BCUT2D eigenvalue weighted by molar-refractivity contribution is 5.77. The molecule has 3 rings (SSSR count). The first-order valence-corrected chi connectivity index (χ1v) is 7.45. The SMILES string of the molecule is COc1cc(C)cc(OC)c1C(O)(F)c1nc2ccc(C#N)cc2[nH]1. The maximum absolute atomic E-state index is 15.4. The molecule has 7 heteroatoms. The summed E-state index contributed by atoms with van der Waals surface area (Å²) in [6.45, 7) is 1.80. The van der Waals surface area contributed by atoms with Crippen molar-refractivity contribution in [2.45, 2.75) is 12.8 Å². The van der Waals surface area contributed by atoms with E-state index < -0.39 is 5.85 Å². The van der Waals surface area contributed by atoms with E-state index in [-0.39, 0.29) is 22.9 Å². The molecule has 2 aromatic carbocycles. The van der Waals surface area contributed by atoms with E-state index in [1.165, 1.54) is 20.3 Å². The minimum absolute atomic E-state index is 0.139. The number of nitrogens with zero attached hydrogens (tertiary/aromatic N) is 2. The van der Waals surface area contributed by atoms with Crippen molar-refractivity contribution in [1.29, 1.82) is 5.26 Å². The zero-order valence-electron chi connectivity index (χ0n) is 13.9. The molecular weight excluding hydrogens is 325 g/mol. The summed E-state index contributed by atoms with van der Waals surface area (Å²) in [4.78, 5) is 6.84. The number of hydrogen-bond donors (Lipinski definition) is 2. The molecule has 0 radical (unpaired) electrons. The highest BCUT2D eigenvalue weighted by atomic mass is 19.2. The predicted molar refractivity (Wildman–Crippen MR) is 89.2 cm³/mol. The van der Waals surface area contributed by atoms with E-state index in [9.17, 15) is 5.11 Å². The van der Waals surface area contributed by atoms with Gasteiger partial charge in [0.25, 0.3) is 5.85 Å². The van der Waals surface area contributed by atoms with Crippen LogP contribution < -0.4 is 9.47 Å². The van der Waals surface area contributed by atoms with Crippen LogP contribution in [0.4, 0.5) is 4.39 Å². The second-order valence-corrected chi connectivity index (χ2v) is 5.60. The number of hydrogen-bond acceptors (Lipinski definition) is 5. The largest absolute Gasteiger partial charge is 0.496 e. The topological polar surface area (TPSA) is 91.2 Å². The zero-order valence-corrected chi connectivity index (χ0v) is 13.9. The van der Waals surface area contributed by atoms with Crippen molar-refractivity contribution in [2.24, 2.45) is 0 Å². The third-order valence-electron chi connectivity index (χ3n) is 3.91. The number of aromatic nitrogens is 2. The Morgan fingerprint density at radius 1 is 1.20 bits per heavy atom. The third-order valence-corrected chi connectivity index (χ3v) is 3.91. The number of rotatable bonds is 4. The van der Waals surface area contributed by atoms with E-state index in [4.69, 9.17) is 14.7 Å². The number of imidazole rings is 1. The number of ether oxygens (including phenoxy) is 2. The minimum atomic E-state index is -2.98. The first-order chi connectivity index (χ1) is 11.9. The Labute approximate surface area is 143 Å². The summed E-state index contributed by atoms with van der Waals surface area (Å²) in [6.07, 6.45) is 0. The van der Waals surface area contributed by atoms with Crippen LogP contribution in [0, 0.1) is 18.3 Å². The van der Waals surface area contributed by atoms with Crippen molar-refractivity contribution in [3.8, 4) is 17.6 Å². The van der Waals surface area contributed by atoms with Gasteiger partial charge in [0.2, 0.25) is 0 Å². The Morgan fingerprint density at radius 3 is 2.40 bits per heavy atom. The van der Waals surface area contributed by atoms with Crippen LogP contribution in [-0.4, -0.2) is 29.3 Å². The molecule has 1 atom stereocenters. The summed E-state index contributed by atoms with van der Waals surface area (Å²) in [5.74, 6) is -3.02. The number of fused-ring (bicyclic) bond motifs is 1. The molecule has 0 bridgehead atoms. The predicted octanol–water partition coefficient (Wildman–Crippen LogP) is 2.92. The van der Waals surface area contributed by atoms with Crippen molar-refractivity contribution in [3.63, 3.8) is 0 Å². The first-order valence-electron chi connectivity index (χ1n) is 7.45. The van der Waals surface area contributed by atoms with Crippen LogP contribution in [0.1, 0.15) is 22.5 Å². The van der Waals surface area contributed by atoms with Gasteiger partial charge in [-0.1, -0.05) is 0 Å². The highest BCUT2D eigenvalue weighted by Gasteiger charge is 2.41. The van der Waals surface area contributed by atoms with Gasteiger partial charge in [0.05, 0.1) is 36.9 Å². The van der Waals surface area contributed by atoms with Crippen molar-refractivity contribution >= 4 is 11.0 Å². The lowest BCUT2D eigenvalue weighted by Gasteiger charge is -2.22. The Hall–Kier alpha value is -3.11. The average Bonchev–Trinajstić information content (AvgIpc) is 3.04. The summed E-state index contributed by atoms with van der Waals surface area (Å²) < 4.78 is 25.9.